The van der Waals surface area contributed by atoms with E-state index in [2.05, 4.69) is 5.32 Å². The van der Waals surface area contributed by atoms with Crippen LogP contribution in [0.1, 0.15) is 22.8 Å². The van der Waals surface area contributed by atoms with Crippen molar-refractivity contribution in [3.05, 3.63) is 65.2 Å². The van der Waals surface area contributed by atoms with Crippen molar-refractivity contribution >= 4 is 17.6 Å². The SMILES string of the molecule is Cc1ccc(NC(=O)COC(=O)[C@@H](O)c2ccccc2)cc1C. The van der Waals surface area contributed by atoms with Crippen LogP contribution in [0.5, 0.6) is 0 Å². The predicted octanol–water partition coefficient (Wildman–Crippen LogP) is 2.52. The molecule has 23 heavy (non-hydrogen) atoms. The molecule has 0 heterocycles. The number of carbonyl (C=O) groups is 2. The zero-order valence-corrected chi connectivity index (χ0v) is 13.1. The van der Waals surface area contributed by atoms with Gasteiger partial charge in [0, 0.05) is 5.69 Å². The van der Waals surface area contributed by atoms with Crippen molar-refractivity contribution in [2.75, 3.05) is 11.9 Å². The van der Waals surface area contributed by atoms with E-state index in [0.717, 1.165) is 11.1 Å². The first kappa shape index (κ1) is 16.7. The molecule has 2 N–H and O–H groups in total. The van der Waals surface area contributed by atoms with Crippen LogP contribution in [0.25, 0.3) is 0 Å². The Balaban J connectivity index is 1.86. The number of aliphatic hydroxyl groups excluding tert-OH is 1. The van der Waals surface area contributed by atoms with Crippen molar-refractivity contribution in [2.24, 2.45) is 0 Å². The van der Waals surface area contributed by atoms with Crippen molar-refractivity contribution in [3.8, 4) is 0 Å². The highest BCUT2D eigenvalue weighted by Gasteiger charge is 2.19. The van der Waals surface area contributed by atoms with E-state index in [1.54, 1.807) is 36.4 Å². The van der Waals surface area contributed by atoms with E-state index in [-0.39, 0.29) is 0 Å². The van der Waals surface area contributed by atoms with E-state index in [1.807, 2.05) is 26.0 Å². The van der Waals surface area contributed by atoms with Gasteiger partial charge in [-0.25, -0.2) is 4.79 Å². The lowest BCUT2D eigenvalue weighted by atomic mass is 10.1. The first-order chi connectivity index (χ1) is 11.0. The van der Waals surface area contributed by atoms with Crippen molar-refractivity contribution < 1.29 is 19.4 Å². The summed E-state index contributed by atoms with van der Waals surface area (Å²) in [6.45, 7) is 3.48. The molecule has 0 saturated heterocycles. The molecule has 2 aromatic rings. The quantitative estimate of drug-likeness (QED) is 0.832. The molecule has 1 amide bonds. The Morgan fingerprint density at radius 3 is 2.43 bits per heavy atom. The monoisotopic (exact) mass is 313 g/mol. The number of amides is 1. The molecule has 5 heteroatoms. The maximum Gasteiger partial charge on any atom is 0.340 e. The summed E-state index contributed by atoms with van der Waals surface area (Å²) in [5, 5.41) is 12.5. The van der Waals surface area contributed by atoms with Gasteiger partial charge < -0.3 is 15.2 Å². The van der Waals surface area contributed by atoms with Crippen LogP contribution in [0.3, 0.4) is 0 Å². The summed E-state index contributed by atoms with van der Waals surface area (Å²) in [6, 6.07) is 13.9. The van der Waals surface area contributed by atoms with Crippen LogP contribution >= 0.6 is 0 Å². The van der Waals surface area contributed by atoms with Crippen molar-refractivity contribution in [1.82, 2.24) is 0 Å². The van der Waals surface area contributed by atoms with Crippen LogP contribution in [0.4, 0.5) is 5.69 Å². The topological polar surface area (TPSA) is 75.6 Å². The molecule has 2 aromatic carbocycles. The summed E-state index contributed by atoms with van der Waals surface area (Å²) in [6.07, 6.45) is -1.40. The second-order valence-electron chi connectivity index (χ2n) is 5.27. The van der Waals surface area contributed by atoms with Crippen molar-refractivity contribution in [2.45, 2.75) is 20.0 Å². The van der Waals surface area contributed by atoms with Gasteiger partial charge in [0.25, 0.3) is 5.91 Å². The van der Waals surface area contributed by atoms with Gasteiger partial charge in [-0.2, -0.15) is 0 Å². The number of ether oxygens (including phenoxy) is 1. The van der Waals surface area contributed by atoms with Gasteiger partial charge in [0.15, 0.2) is 12.7 Å². The Hall–Kier alpha value is -2.66. The summed E-state index contributed by atoms with van der Waals surface area (Å²) >= 11 is 0. The van der Waals surface area contributed by atoms with Gasteiger partial charge in [0.05, 0.1) is 0 Å². The van der Waals surface area contributed by atoms with Crippen LogP contribution in [0.2, 0.25) is 0 Å². The van der Waals surface area contributed by atoms with Crippen LogP contribution in [-0.4, -0.2) is 23.6 Å². The molecule has 0 aliphatic heterocycles. The Kier molecular flexibility index (Phi) is 5.49. The van der Waals surface area contributed by atoms with Gasteiger partial charge in [-0.15, -0.1) is 0 Å². The highest BCUT2D eigenvalue weighted by Crippen LogP contribution is 2.15. The van der Waals surface area contributed by atoms with Gasteiger partial charge in [-0.1, -0.05) is 36.4 Å². The lowest BCUT2D eigenvalue weighted by Gasteiger charge is -2.11. The minimum absolute atomic E-state index is 0.423. The molecule has 0 saturated carbocycles. The molecule has 0 fully saturated rings. The Bertz CT molecular complexity index is 697. The fraction of sp³-hybridized carbons (Fsp3) is 0.222. The number of benzene rings is 2. The van der Waals surface area contributed by atoms with E-state index in [4.69, 9.17) is 4.74 Å². The fourth-order valence-electron chi connectivity index (χ4n) is 2.00. The summed E-state index contributed by atoms with van der Waals surface area (Å²) in [5.41, 5.74) is 3.24. The third kappa shape index (κ3) is 4.66. The van der Waals surface area contributed by atoms with Crippen molar-refractivity contribution in [1.29, 1.82) is 0 Å². The molecule has 120 valence electrons. The lowest BCUT2D eigenvalue weighted by Crippen LogP contribution is -2.24. The lowest BCUT2D eigenvalue weighted by molar-refractivity contribution is -0.156. The fourth-order valence-corrected chi connectivity index (χ4v) is 2.00. The van der Waals surface area contributed by atoms with Gasteiger partial charge in [0.1, 0.15) is 0 Å². The Labute approximate surface area is 134 Å². The van der Waals surface area contributed by atoms with E-state index in [0.29, 0.717) is 11.3 Å². The van der Waals surface area contributed by atoms with Crippen LogP contribution < -0.4 is 5.32 Å². The molecule has 0 aromatic heterocycles. The predicted molar refractivity (Wildman–Crippen MR) is 86.9 cm³/mol. The van der Waals surface area contributed by atoms with E-state index in [9.17, 15) is 14.7 Å². The number of hydrogen-bond acceptors (Lipinski definition) is 4. The molecule has 0 unspecified atom stereocenters. The number of hydrogen-bond donors (Lipinski definition) is 2. The highest BCUT2D eigenvalue weighted by atomic mass is 16.5. The van der Waals surface area contributed by atoms with E-state index in [1.165, 1.54) is 0 Å². The third-order valence-electron chi connectivity index (χ3n) is 3.47. The largest absolute Gasteiger partial charge is 0.453 e. The number of nitrogens with one attached hydrogen (secondary N) is 1. The number of aryl methyl sites for hydroxylation is 2. The minimum Gasteiger partial charge on any atom is -0.453 e. The second-order valence-corrected chi connectivity index (χ2v) is 5.27. The summed E-state index contributed by atoms with van der Waals surface area (Å²) in [5.74, 6) is -1.31. The number of esters is 1. The van der Waals surface area contributed by atoms with E-state index >= 15 is 0 Å². The van der Waals surface area contributed by atoms with Crippen molar-refractivity contribution in [3.63, 3.8) is 0 Å². The molecule has 0 bridgehead atoms. The molecular weight excluding hydrogens is 294 g/mol. The molecule has 1 atom stereocenters. The van der Waals surface area contributed by atoms with Crippen LogP contribution in [-0.2, 0) is 14.3 Å². The smallest absolute Gasteiger partial charge is 0.340 e. The van der Waals surface area contributed by atoms with Gasteiger partial charge >= 0.3 is 5.97 Å². The van der Waals surface area contributed by atoms with Crippen LogP contribution in [0.15, 0.2) is 48.5 Å². The average molecular weight is 313 g/mol. The maximum absolute atomic E-state index is 11.8. The zero-order chi connectivity index (χ0) is 16.8. The number of aliphatic hydroxyl groups is 1. The third-order valence-corrected chi connectivity index (χ3v) is 3.47. The first-order valence-electron chi connectivity index (χ1n) is 7.24. The normalized spacial score (nSPS) is 11.6. The molecule has 2 rings (SSSR count). The summed E-state index contributed by atoms with van der Waals surface area (Å²) < 4.78 is 4.85. The first-order valence-corrected chi connectivity index (χ1v) is 7.24. The summed E-state index contributed by atoms with van der Waals surface area (Å²) in [7, 11) is 0. The van der Waals surface area contributed by atoms with E-state index < -0.39 is 24.6 Å². The Morgan fingerprint density at radius 2 is 1.78 bits per heavy atom. The van der Waals surface area contributed by atoms with Gasteiger partial charge in [-0.3, -0.25) is 4.79 Å². The van der Waals surface area contributed by atoms with Gasteiger partial charge in [0.2, 0.25) is 0 Å². The number of rotatable bonds is 5. The average Bonchev–Trinajstić information content (AvgIpc) is 2.56. The highest BCUT2D eigenvalue weighted by molar-refractivity contribution is 5.93. The standard InChI is InChI=1S/C18H19NO4/c1-12-8-9-15(10-13(12)2)19-16(20)11-23-18(22)17(21)14-6-4-3-5-7-14/h3-10,17,21H,11H2,1-2H3,(H,19,20)/t17-/m0/s1. The Morgan fingerprint density at radius 1 is 1.09 bits per heavy atom. The molecule has 0 spiro atoms. The number of anilines is 1. The second kappa shape index (κ2) is 7.56. The maximum atomic E-state index is 11.8. The van der Waals surface area contributed by atoms with Crippen LogP contribution in [0, 0.1) is 13.8 Å². The molecule has 0 radical (unpaired) electrons. The molecule has 5 nitrogen and oxygen atoms in total. The zero-order valence-electron chi connectivity index (χ0n) is 13.1. The minimum atomic E-state index is -1.40. The number of carbonyl (C=O) groups excluding carboxylic acids is 2. The molecule has 0 aliphatic carbocycles. The van der Waals surface area contributed by atoms with Gasteiger partial charge in [-0.05, 0) is 42.7 Å². The molecular formula is C18H19NO4. The molecule has 0 aliphatic rings. The summed E-state index contributed by atoms with van der Waals surface area (Å²) in [4.78, 5) is 23.5.